The van der Waals surface area contributed by atoms with E-state index in [9.17, 15) is 0 Å². The molecule has 0 saturated carbocycles. The molecule has 4 N–H and O–H groups in total. The summed E-state index contributed by atoms with van der Waals surface area (Å²) in [5, 5.41) is 4.72. The normalized spacial score (nSPS) is 16.3. The average Bonchev–Trinajstić information content (AvgIpc) is 2.94. The molecule has 0 fully saturated rings. The Morgan fingerprint density at radius 1 is 0.783 bits per heavy atom. The molecular weight excluding hydrogens is 280 g/mol. The Morgan fingerprint density at radius 3 is 2.39 bits per heavy atom. The lowest BCUT2D eigenvalue weighted by atomic mass is 9.85. The second-order valence-electron chi connectivity index (χ2n) is 6.31. The van der Waals surface area contributed by atoms with E-state index in [1.165, 1.54) is 27.3 Å². The summed E-state index contributed by atoms with van der Waals surface area (Å²) in [6, 6.07) is 16.9. The number of fused-ring (bicyclic) bond motifs is 8. The molecule has 0 atom stereocenters. The van der Waals surface area contributed by atoms with Gasteiger partial charge in [0.15, 0.2) is 0 Å². The van der Waals surface area contributed by atoms with Crippen LogP contribution in [0, 0.1) is 0 Å². The minimum atomic E-state index is -0.943. The van der Waals surface area contributed by atoms with E-state index in [4.69, 9.17) is 11.5 Å². The summed E-state index contributed by atoms with van der Waals surface area (Å²) in [6.07, 6.45) is 8.22. The SMILES string of the molecule is NC1(N)C=CC=c2c1c1ccccc1c1c2=Cc2ccccc2-1. The first-order chi connectivity index (χ1) is 11.2. The van der Waals surface area contributed by atoms with Gasteiger partial charge in [0, 0.05) is 5.56 Å². The Kier molecular flexibility index (Phi) is 2.34. The highest BCUT2D eigenvalue weighted by molar-refractivity contribution is 6.04. The van der Waals surface area contributed by atoms with Crippen molar-refractivity contribution in [1.82, 2.24) is 0 Å². The molecule has 0 aromatic heterocycles. The number of benzene rings is 3. The van der Waals surface area contributed by atoms with E-state index < -0.39 is 5.66 Å². The third-order valence-corrected chi connectivity index (χ3v) is 4.89. The van der Waals surface area contributed by atoms with Crippen molar-refractivity contribution in [2.75, 3.05) is 0 Å². The van der Waals surface area contributed by atoms with Gasteiger partial charge in [0.1, 0.15) is 5.66 Å². The Morgan fingerprint density at radius 2 is 1.52 bits per heavy atom. The lowest BCUT2D eigenvalue weighted by Crippen LogP contribution is -2.51. The number of hydrogen-bond acceptors (Lipinski definition) is 2. The quantitative estimate of drug-likeness (QED) is 0.488. The van der Waals surface area contributed by atoms with Crippen LogP contribution in [0.15, 0.2) is 60.7 Å². The van der Waals surface area contributed by atoms with E-state index in [1.54, 1.807) is 0 Å². The van der Waals surface area contributed by atoms with Gasteiger partial charge >= 0.3 is 0 Å². The molecule has 0 aliphatic heterocycles. The average molecular weight is 296 g/mol. The summed E-state index contributed by atoms with van der Waals surface area (Å²) < 4.78 is 0. The Bertz CT molecular complexity index is 1130. The smallest absolute Gasteiger partial charge is 0.111 e. The molecule has 110 valence electrons. The van der Waals surface area contributed by atoms with Gasteiger partial charge in [-0.15, -0.1) is 0 Å². The second-order valence-corrected chi connectivity index (χ2v) is 6.31. The van der Waals surface area contributed by atoms with Crippen molar-refractivity contribution in [1.29, 1.82) is 0 Å². The molecule has 0 spiro atoms. The van der Waals surface area contributed by atoms with Gasteiger partial charge in [0.25, 0.3) is 0 Å². The van der Waals surface area contributed by atoms with E-state index in [1.807, 2.05) is 18.2 Å². The van der Waals surface area contributed by atoms with E-state index >= 15 is 0 Å². The molecule has 2 heteroatoms. The van der Waals surface area contributed by atoms with E-state index in [0.29, 0.717) is 0 Å². The van der Waals surface area contributed by atoms with Crippen molar-refractivity contribution in [3.05, 3.63) is 82.2 Å². The Balaban J connectivity index is 2.11. The minimum Gasteiger partial charge on any atom is -0.306 e. The monoisotopic (exact) mass is 296 g/mol. The maximum Gasteiger partial charge on any atom is 0.111 e. The Labute approximate surface area is 134 Å². The van der Waals surface area contributed by atoms with Crippen molar-refractivity contribution in [3.8, 4) is 11.1 Å². The summed E-state index contributed by atoms with van der Waals surface area (Å²) in [6.45, 7) is 0. The van der Waals surface area contributed by atoms with Crippen molar-refractivity contribution in [2.45, 2.75) is 5.66 Å². The largest absolute Gasteiger partial charge is 0.306 e. The van der Waals surface area contributed by atoms with Crippen molar-refractivity contribution in [3.63, 3.8) is 0 Å². The lowest BCUT2D eigenvalue weighted by Gasteiger charge is -2.27. The first-order valence-electron chi connectivity index (χ1n) is 7.80. The zero-order chi connectivity index (χ0) is 15.6. The third-order valence-electron chi connectivity index (χ3n) is 4.89. The van der Waals surface area contributed by atoms with Crippen LogP contribution < -0.4 is 21.9 Å². The lowest BCUT2D eigenvalue weighted by molar-refractivity contribution is 0.591. The molecule has 3 aromatic rings. The molecule has 2 aliphatic rings. The topological polar surface area (TPSA) is 52.0 Å². The predicted octanol–water partition coefficient (Wildman–Crippen LogP) is 2.07. The van der Waals surface area contributed by atoms with Gasteiger partial charge in [-0.3, -0.25) is 0 Å². The van der Waals surface area contributed by atoms with Crippen LogP contribution >= 0.6 is 0 Å². The summed E-state index contributed by atoms with van der Waals surface area (Å²) in [7, 11) is 0. The van der Waals surface area contributed by atoms with Crippen LogP contribution in [0.3, 0.4) is 0 Å². The number of hydrogen-bond donors (Lipinski definition) is 2. The van der Waals surface area contributed by atoms with Gasteiger partial charge in [-0.25, -0.2) is 0 Å². The fourth-order valence-corrected chi connectivity index (χ4v) is 3.95. The van der Waals surface area contributed by atoms with Crippen molar-refractivity contribution in [2.24, 2.45) is 11.5 Å². The van der Waals surface area contributed by atoms with Gasteiger partial charge in [-0.05, 0) is 50.1 Å². The molecule has 5 rings (SSSR count). The van der Waals surface area contributed by atoms with Crippen LogP contribution in [0.5, 0.6) is 0 Å². The number of nitrogens with two attached hydrogens (primary N) is 2. The van der Waals surface area contributed by atoms with E-state index in [-0.39, 0.29) is 0 Å². The first kappa shape index (κ1) is 12.8. The fourth-order valence-electron chi connectivity index (χ4n) is 3.95. The van der Waals surface area contributed by atoms with Crippen LogP contribution in [0.1, 0.15) is 11.1 Å². The highest BCUT2D eigenvalue weighted by Crippen LogP contribution is 2.34. The predicted molar refractivity (Wildman–Crippen MR) is 95.9 cm³/mol. The summed E-state index contributed by atoms with van der Waals surface area (Å²) in [4.78, 5) is 0. The van der Waals surface area contributed by atoms with Gasteiger partial charge in [-0.1, -0.05) is 60.7 Å². The minimum absolute atomic E-state index is 0.943. The first-order valence-corrected chi connectivity index (χ1v) is 7.80. The van der Waals surface area contributed by atoms with Gasteiger partial charge in [-0.2, -0.15) is 0 Å². The van der Waals surface area contributed by atoms with Gasteiger partial charge in [0.2, 0.25) is 0 Å². The van der Waals surface area contributed by atoms with Crippen molar-refractivity contribution >= 4 is 22.9 Å². The van der Waals surface area contributed by atoms with Crippen LogP contribution in [-0.2, 0) is 5.66 Å². The Hall–Kier alpha value is -2.68. The van der Waals surface area contributed by atoms with Gasteiger partial charge < -0.3 is 11.5 Å². The summed E-state index contributed by atoms with van der Waals surface area (Å²) in [5.41, 5.74) is 16.7. The maximum atomic E-state index is 6.41. The number of rotatable bonds is 0. The standard InChI is InChI=1S/C21H16N2/c22-21(23)11-5-10-17-18-12-13-6-1-2-7-14(13)19(18)15-8-3-4-9-16(15)20(17)21/h1-12H,22-23H2. The molecule has 3 aromatic carbocycles. The zero-order valence-electron chi connectivity index (χ0n) is 12.6. The van der Waals surface area contributed by atoms with Crippen LogP contribution in [0.4, 0.5) is 0 Å². The maximum absolute atomic E-state index is 6.41. The van der Waals surface area contributed by atoms with Crippen LogP contribution in [-0.4, -0.2) is 0 Å². The highest BCUT2D eigenvalue weighted by Gasteiger charge is 2.28. The van der Waals surface area contributed by atoms with Crippen molar-refractivity contribution < 1.29 is 0 Å². The molecule has 2 aliphatic carbocycles. The molecule has 0 radical (unpaired) electrons. The summed E-state index contributed by atoms with van der Waals surface area (Å²) >= 11 is 0. The molecule has 23 heavy (non-hydrogen) atoms. The summed E-state index contributed by atoms with van der Waals surface area (Å²) in [5.74, 6) is 0. The molecule has 0 heterocycles. The molecule has 0 unspecified atom stereocenters. The number of allylic oxidation sites excluding steroid dienone is 1. The van der Waals surface area contributed by atoms with Gasteiger partial charge in [0.05, 0.1) is 0 Å². The fraction of sp³-hybridized carbons (Fsp3) is 0.0476. The molecule has 2 nitrogen and oxygen atoms in total. The zero-order valence-corrected chi connectivity index (χ0v) is 12.6. The highest BCUT2D eigenvalue weighted by atomic mass is 14.9. The molecule has 0 saturated heterocycles. The molecule has 0 amide bonds. The molecule has 0 bridgehead atoms. The third kappa shape index (κ3) is 1.59. The van der Waals surface area contributed by atoms with Crippen LogP contribution in [0.2, 0.25) is 0 Å². The van der Waals surface area contributed by atoms with E-state index in [2.05, 4.69) is 54.6 Å². The van der Waals surface area contributed by atoms with Crippen LogP contribution in [0.25, 0.3) is 34.1 Å². The van der Waals surface area contributed by atoms with E-state index in [0.717, 1.165) is 16.2 Å². The second kappa shape index (κ2) is 4.19. The molecular formula is C21H16N2.